The van der Waals surface area contributed by atoms with Crippen LogP contribution in [0.2, 0.25) is 0 Å². The summed E-state index contributed by atoms with van der Waals surface area (Å²) in [4.78, 5) is 4.26. The second-order valence-electron chi connectivity index (χ2n) is 3.84. The van der Waals surface area contributed by atoms with E-state index in [1.54, 1.807) is 18.2 Å². The molecule has 0 amide bonds. The highest BCUT2D eigenvalue weighted by atomic mass is 16.5. The van der Waals surface area contributed by atoms with Gasteiger partial charge in [-0.3, -0.25) is 0 Å². The number of aromatic hydroxyl groups is 1. The Balaban J connectivity index is 2.01. The molecule has 1 heterocycles. The van der Waals surface area contributed by atoms with Gasteiger partial charge >= 0.3 is 0 Å². The van der Waals surface area contributed by atoms with Crippen molar-refractivity contribution in [2.45, 2.75) is 19.3 Å². The van der Waals surface area contributed by atoms with Crippen LogP contribution >= 0.6 is 0 Å². The molecule has 5 heteroatoms. The topological polar surface area (TPSA) is 85.2 Å². The molecule has 0 radical (unpaired) electrons. The predicted octanol–water partition coefficient (Wildman–Crippen LogP) is 1.26. The molecule has 0 unspecified atom stereocenters. The number of phenols is 1. The molecule has 0 aliphatic rings. The van der Waals surface area contributed by atoms with Crippen molar-refractivity contribution in [3.05, 3.63) is 41.5 Å². The normalized spacial score (nSPS) is 10.6. The van der Waals surface area contributed by atoms with Crippen molar-refractivity contribution in [1.82, 2.24) is 10.1 Å². The summed E-state index contributed by atoms with van der Waals surface area (Å²) in [7, 11) is 0. The van der Waals surface area contributed by atoms with Crippen LogP contribution in [-0.4, -0.2) is 21.8 Å². The van der Waals surface area contributed by atoms with Crippen LogP contribution in [0, 0.1) is 0 Å². The van der Waals surface area contributed by atoms with E-state index in [0.717, 1.165) is 12.0 Å². The van der Waals surface area contributed by atoms with Crippen molar-refractivity contribution in [3.63, 3.8) is 0 Å². The molecule has 0 saturated heterocycles. The second kappa shape index (κ2) is 5.45. The molecular formula is C12H15N3O2. The zero-order valence-corrected chi connectivity index (χ0v) is 9.47. The van der Waals surface area contributed by atoms with Crippen LogP contribution in [-0.2, 0) is 12.8 Å². The van der Waals surface area contributed by atoms with Gasteiger partial charge in [0.2, 0.25) is 5.89 Å². The Labute approximate surface area is 99.3 Å². The van der Waals surface area contributed by atoms with Crippen molar-refractivity contribution in [1.29, 1.82) is 0 Å². The number of rotatable bonds is 5. The third-order valence-electron chi connectivity index (χ3n) is 2.38. The molecule has 3 N–H and O–H groups in total. The molecular weight excluding hydrogens is 218 g/mol. The predicted molar refractivity (Wildman–Crippen MR) is 62.6 cm³/mol. The van der Waals surface area contributed by atoms with Crippen LogP contribution in [0.3, 0.4) is 0 Å². The van der Waals surface area contributed by atoms with Crippen molar-refractivity contribution in [2.75, 3.05) is 6.54 Å². The maximum Gasteiger partial charge on any atom is 0.226 e. The van der Waals surface area contributed by atoms with E-state index >= 15 is 0 Å². The fourth-order valence-electron chi connectivity index (χ4n) is 1.57. The summed E-state index contributed by atoms with van der Waals surface area (Å²) in [6.45, 7) is 0.615. The summed E-state index contributed by atoms with van der Waals surface area (Å²) in [6.07, 6.45) is 2.11. The minimum Gasteiger partial charge on any atom is -0.508 e. The number of hydrogen-bond acceptors (Lipinski definition) is 5. The van der Waals surface area contributed by atoms with Gasteiger partial charge in [0.15, 0.2) is 5.82 Å². The Morgan fingerprint density at radius 2 is 2.24 bits per heavy atom. The summed E-state index contributed by atoms with van der Waals surface area (Å²) in [5, 5.41) is 13.2. The van der Waals surface area contributed by atoms with E-state index in [2.05, 4.69) is 10.1 Å². The minimum absolute atomic E-state index is 0.245. The van der Waals surface area contributed by atoms with Gasteiger partial charge in [-0.05, 0) is 30.7 Å². The average Bonchev–Trinajstić information content (AvgIpc) is 2.74. The molecule has 0 aliphatic heterocycles. The van der Waals surface area contributed by atoms with Crippen LogP contribution < -0.4 is 5.73 Å². The van der Waals surface area contributed by atoms with Gasteiger partial charge in [-0.15, -0.1) is 0 Å². The molecule has 0 bridgehead atoms. The summed E-state index contributed by atoms with van der Waals surface area (Å²) in [6, 6.07) is 7.03. The highest BCUT2D eigenvalue weighted by molar-refractivity contribution is 5.28. The highest BCUT2D eigenvalue weighted by Gasteiger charge is 2.06. The zero-order valence-electron chi connectivity index (χ0n) is 9.47. The highest BCUT2D eigenvalue weighted by Crippen LogP contribution is 2.13. The first-order chi connectivity index (χ1) is 8.28. The first-order valence-electron chi connectivity index (χ1n) is 5.57. The molecule has 2 aromatic rings. The van der Waals surface area contributed by atoms with Gasteiger partial charge in [0.05, 0.1) is 0 Å². The van der Waals surface area contributed by atoms with Gasteiger partial charge in [-0.25, -0.2) is 0 Å². The molecule has 0 saturated carbocycles. The van der Waals surface area contributed by atoms with Crippen LogP contribution in [0.25, 0.3) is 0 Å². The van der Waals surface area contributed by atoms with Crippen molar-refractivity contribution >= 4 is 0 Å². The first-order valence-corrected chi connectivity index (χ1v) is 5.57. The Bertz CT molecular complexity index is 482. The minimum atomic E-state index is 0.245. The Morgan fingerprint density at radius 1 is 1.35 bits per heavy atom. The first kappa shape index (κ1) is 11.6. The Kier molecular flexibility index (Phi) is 3.72. The lowest BCUT2D eigenvalue weighted by atomic mass is 10.1. The number of nitrogens with two attached hydrogens (primary N) is 1. The monoisotopic (exact) mass is 233 g/mol. The number of nitrogens with zero attached hydrogens (tertiary/aromatic N) is 2. The van der Waals surface area contributed by atoms with E-state index in [9.17, 15) is 5.11 Å². The SMILES string of the molecule is NCCCc1nc(Cc2cccc(O)c2)no1. The van der Waals surface area contributed by atoms with Crippen LogP contribution in [0.5, 0.6) is 5.75 Å². The van der Waals surface area contributed by atoms with E-state index in [0.29, 0.717) is 31.1 Å². The lowest BCUT2D eigenvalue weighted by molar-refractivity contribution is 0.371. The maximum absolute atomic E-state index is 9.33. The zero-order chi connectivity index (χ0) is 12.1. The lowest BCUT2D eigenvalue weighted by Gasteiger charge is -1.97. The second-order valence-corrected chi connectivity index (χ2v) is 3.84. The van der Waals surface area contributed by atoms with Gasteiger partial charge in [0.1, 0.15) is 5.75 Å². The number of benzene rings is 1. The maximum atomic E-state index is 9.33. The Morgan fingerprint density at radius 3 is 3.00 bits per heavy atom. The van der Waals surface area contributed by atoms with E-state index in [1.165, 1.54) is 0 Å². The van der Waals surface area contributed by atoms with Crippen LogP contribution in [0.4, 0.5) is 0 Å². The lowest BCUT2D eigenvalue weighted by Crippen LogP contribution is -2.00. The third kappa shape index (κ3) is 3.29. The largest absolute Gasteiger partial charge is 0.508 e. The molecule has 0 fully saturated rings. The smallest absolute Gasteiger partial charge is 0.226 e. The fourth-order valence-corrected chi connectivity index (χ4v) is 1.57. The molecule has 90 valence electrons. The van der Waals surface area contributed by atoms with Crippen LogP contribution in [0.15, 0.2) is 28.8 Å². The average molecular weight is 233 g/mol. The molecule has 0 spiro atoms. The number of hydrogen-bond donors (Lipinski definition) is 2. The van der Waals surface area contributed by atoms with Gasteiger partial charge in [-0.2, -0.15) is 4.98 Å². The molecule has 0 atom stereocenters. The van der Waals surface area contributed by atoms with Crippen molar-refractivity contribution in [3.8, 4) is 5.75 Å². The van der Waals surface area contributed by atoms with Crippen molar-refractivity contribution < 1.29 is 9.63 Å². The Hall–Kier alpha value is -1.88. The third-order valence-corrected chi connectivity index (χ3v) is 2.38. The molecule has 17 heavy (non-hydrogen) atoms. The quantitative estimate of drug-likeness (QED) is 0.812. The number of aromatic nitrogens is 2. The summed E-state index contributed by atoms with van der Waals surface area (Å²) in [5.41, 5.74) is 6.36. The molecule has 2 rings (SSSR count). The van der Waals surface area contributed by atoms with Gasteiger partial charge in [0.25, 0.3) is 0 Å². The van der Waals surface area contributed by atoms with E-state index in [-0.39, 0.29) is 5.75 Å². The van der Waals surface area contributed by atoms with Crippen molar-refractivity contribution in [2.24, 2.45) is 5.73 Å². The molecule has 0 aliphatic carbocycles. The standard InChI is InChI=1S/C12H15N3O2/c13-6-2-5-12-14-11(15-17-12)8-9-3-1-4-10(16)7-9/h1,3-4,7,16H,2,5-6,8,13H2. The molecule has 1 aromatic heterocycles. The van der Waals surface area contributed by atoms with E-state index < -0.39 is 0 Å². The van der Waals surface area contributed by atoms with Crippen LogP contribution in [0.1, 0.15) is 23.7 Å². The van der Waals surface area contributed by atoms with Gasteiger partial charge < -0.3 is 15.4 Å². The van der Waals surface area contributed by atoms with E-state index in [1.807, 2.05) is 6.07 Å². The molecule has 5 nitrogen and oxygen atoms in total. The summed E-state index contributed by atoms with van der Waals surface area (Å²) in [5.74, 6) is 1.49. The summed E-state index contributed by atoms with van der Waals surface area (Å²) < 4.78 is 5.09. The summed E-state index contributed by atoms with van der Waals surface area (Å²) >= 11 is 0. The number of phenolic OH excluding ortho intramolecular Hbond substituents is 1. The van der Waals surface area contributed by atoms with E-state index in [4.69, 9.17) is 10.3 Å². The fraction of sp³-hybridized carbons (Fsp3) is 0.333. The van der Waals surface area contributed by atoms with Gasteiger partial charge in [-0.1, -0.05) is 17.3 Å². The number of aryl methyl sites for hydroxylation is 1. The van der Waals surface area contributed by atoms with Gasteiger partial charge in [0, 0.05) is 12.8 Å². The molecule has 1 aromatic carbocycles.